The largest absolute Gasteiger partial charge is 0.478 e. The van der Waals surface area contributed by atoms with E-state index >= 15 is 0 Å². The third kappa shape index (κ3) is 10.4. The van der Waals surface area contributed by atoms with Crippen LogP contribution in [0.4, 0.5) is 0 Å². The van der Waals surface area contributed by atoms with Crippen molar-refractivity contribution in [1.29, 1.82) is 5.41 Å². The van der Waals surface area contributed by atoms with E-state index in [1.807, 2.05) is 0 Å². The smallest absolute Gasteiger partial charge is 0.370 e. The van der Waals surface area contributed by atoms with Crippen LogP contribution >= 0.6 is 0 Å². The first-order chi connectivity index (χ1) is 15.6. The van der Waals surface area contributed by atoms with Gasteiger partial charge in [-0.05, 0) is 12.5 Å². The molecule has 0 bridgehead atoms. The molecule has 0 aromatic carbocycles. The Morgan fingerprint density at radius 2 is 1.88 bits per heavy atom. The number of unbranched alkanes of at least 4 members (excludes halogenated alkanes) is 4. The molecule has 5 atom stereocenters. The van der Waals surface area contributed by atoms with Gasteiger partial charge in [-0.3, -0.25) is 15.0 Å². The third-order valence-corrected chi connectivity index (χ3v) is 5.11. The van der Waals surface area contributed by atoms with Gasteiger partial charge in [-0.2, -0.15) is 0 Å². The Hall–Kier alpha value is -2.90. The van der Waals surface area contributed by atoms with E-state index < -0.39 is 66.6 Å². The Labute approximate surface area is 198 Å². The number of carboxylic acids is 1. The van der Waals surface area contributed by atoms with Crippen LogP contribution in [0.5, 0.6) is 0 Å². The molecule has 0 saturated carbocycles. The number of amides is 1. The molecule has 1 amide bonds. The number of hydrogen-bond donors (Lipinski definition) is 6. The number of aliphatic hydroxyl groups is 1. The lowest BCUT2D eigenvalue weighted by Crippen LogP contribution is -2.64. The van der Waals surface area contributed by atoms with Gasteiger partial charge in [0.05, 0.1) is 12.1 Å². The molecule has 0 aromatic heterocycles. The van der Waals surface area contributed by atoms with Crippen molar-refractivity contribution in [1.82, 2.24) is 10.6 Å². The fraction of sp³-hybridized carbons (Fsp3) is 0.714. The van der Waals surface area contributed by atoms with Gasteiger partial charge in [0.15, 0.2) is 12.1 Å². The first kappa shape index (κ1) is 31.1. The number of hydrogen-bond acceptors (Lipinski definition) is 8. The molecule has 0 unspecified atom stereocenters. The second-order valence-electron chi connectivity index (χ2n) is 7.84. The van der Waals surface area contributed by atoms with E-state index in [-0.39, 0.29) is 11.9 Å². The zero-order valence-corrected chi connectivity index (χ0v) is 19.8. The molecule has 0 aromatic rings. The standard InChI is InChI=1S/C21H36N4O8.H2O/c1-4-5-6-7-8-9-16(28)32-11-14(27)18(31-3)19-17(24-12(2)26)13(25-21(22)23)10-15(33-19)20(29)30;/h10,13-14,17-19,27H,4-9,11H2,1-3H3,(H,24,26)(H,29,30)(H4,22,23,25);1H2/t13-,14+,17+,18+,19+;/m0./s1. The average molecular weight is 491 g/mol. The molecule has 1 aliphatic heterocycles. The van der Waals surface area contributed by atoms with Gasteiger partial charge in [0, 0.05) is 20.5 Å². The van der Waals surface area contributed by atoms with Crippen molar-refractivity contribution < 1.29 is 44.3 Å². The number of nitrogens with two attached hydrogens (primary N) is 1. The number of carbonyl (C=O) groups excluding carboxylic acids is 2. The maximum atomic E-state index is 12.0. The summed E-state index contributed by atoms with van der Waals surface area (Å²) < 4.78 is 16.0. The summed E-state index contributed by atoms with van der Waals surface area (Å²) >= 11 is 0. The zero-order valence-electron chi connectivity index (χ0n) is 19.8. The van der Waals surface area contributed by atoms with Crippen LogP contribution in [0.1, 0.15) is 52.4 Å². The van der Waals surface area contributed by atoms with Crippen LogP contribution in [0.2, 0.25) is 0 Å². The van der Waals surface area contributed by atoms with Crippen LogP contribution in [-0.4, -0.2) is 83.6 Å². The second kappa shape index (κ2) is 15.9. The molecule has 0 saturated heterocycles. The van der Waals surface area contributed by atoms with Gasteiger partial charge in [0.25, 0.3) is 0 Å². The minimum atomic E-state index is -1.39. The van der Waals surface area contributed by atoms with E-state index in [2.05, 4.69) is 17.6 Å². The van der Waals surface area contributed by atoms with E-state index in [1.165, 1.54) is 20.1 Å². The van der Waals surface area contributed by atoms with Crippen molar-refractivity contribution in [2.24, 2.45) is 5.73 Å². The van der Waals surface area contributed by atoms with Crippen molar-refractivity contribution in [2.75, 3.05) is 13.7 Å². The number of aliphatic carboxylic acids is 1. The van der Waals surface area contributed by atoms with E-state index in [0.29, 0.717) is 6.42 Å². The summed E-state index contributed by atoms with van der Waals surface area (Å²) in [6, 6.07) is -1.89. The van der Waals surface area contributed by atoms with Crippen molar-refractivity contribution in [3.8, 4) is 0 Å². The van der Waals surface area contributed by atoms with Gasteiger partial charge in [0.2, 0.25) is 11.7 Å². The molecule has 1 heterocycles. The highest BCUT2D eigenvalue weighted by molar-refractivity contribution is 5.85. The number of rotatable bonds is 14. The van der Waals surface area contributed by atoms with Crippen LogP contribution in [0, 0.1) is 5.41 Å². The Morgan fingerprint density at radius 1 is 1.24 bits per heavy atom. The summed E-state index contributed by atoms with van der Waals surface area (Å²) in [5, 5.41) is 32.7. The minimum absolute atomic E-state index is 0. The van der Waals surface area contributed by atoms with Gasteiger partial charge in [-0.1, -0.05) is 32.6 Å². The summed E-state index contributed by atoms with van der Waals surface area (Å²) in [6.45, 7) is 2.94. The number of ether oxygens (including phenoxy) is 3. The molecule has 1 rings (SSSR count). The van der Waals surface area contributed by atoms with Crippen molar-refractivity contribution in [3.05, 3.63) is 11.8 Å². The zero-order chi connectivity index (χ0) is 25.0. The fourth-order valence-corrected chi connectivity index (χ4v) is 3.57. The van der Waals surface area contributed by atoms with Crippen molar-refractivity contribution in [3.63, 3.8) is 0 Å². The van der Waals surface area contributed by atoms with Gasteiger partial charge >= 0.3 is 11.9 Å². The Bertz CT molecular complexity index is 716. The molecular formula is C21H38N4O9. The van der Waals surface area contributed by atoms with Gasteiger partial charge in [-0.25, -0.2) is 4.79 Å². The van der Waals surface area contributed by atoms with Gasteiger partial charge in [-0.15, -0.1) is 0 Å². The molecule has 13 heteroatoms. The normalized spacial score (nSPS) is 21.1. The summed E-state index contributed by atoms with van der Waals surface area (Å²) in [5.41, 5.74) is 5.40. The number of esters is 1. The van der Waals surface area contributed by atoms with Crippen LogP contribution < -0.4 is 16.4 Å². The van der Waals surface area contributed by atoms with E-state index in [9.17, 15) is 24.6 Å². The Kier molecular flexibility index (Phi) is 14.5. The van der Waals surface area contributed by atoms with Gasteiger partial charge < -0.3 is 46.3 Å². The minimum Gasteiger partial charge on any atom is -0.478 e. The first-order valence-electron chi connectivity index (χ1n) is 11.0. The lowest BCUT2D eigenvalue weighted by atomic mass is 9.92. The number of carbonyl (C=O) groups is 3. The second-order valence-corrected chi connectivity index (χ2v) is 7.84. The maximum absolute atomic E-state index is 12.0. The topological polar surface area (TPSA) is 225 Å². The maximum Gasteiger partial charge on any atom is 0.370 e. The number of carboxylic acid groups (broad SMARTS) is 1. The molecule has 0 aliphatic carbocycles. The van der Waals surface area contributed by atoms with Crippen LogP contribution in [0.15, 0.2) is 11.8 Å². The van der Waals surface area contributed by atoms with E-state index in [1.54, 1.807) is 0 Å². The van der Waals surface area contributed by atoms with Crippen molar-refractivity contribution in [2.45, 2.75) is 82.8 Å². The predicted molar refractivity (Wildman–Crippen MR) is 122 cm³/mol. The molecule has 34 heavy (non-hydrogen) atoms. The molecule has 0 radical (unpaired) electrons. The highest BCUT2D eigenvalue weighted by Gasteiger charge is 2.45. The molecule has 9 N–H and O–H groups in total. The molecule has 196 valence electrons. The molecule has 0 spiro atoms. The number of guanidine groups is 1. The first-order valence-corrected chi connectivity index (χ1v) is 11.0. The number of aliphatic hydroxyl groups excluding tert-OH is 1. The average Bonchev–Trinajstić information content (AvgIpc) is 2.73. The summed E-state index contributed by atoms with van der Waals surface area (Å²) in [7, 11) is 1.27. The molecule has 0 fully saturated rings. The van der Waals surface area contributed by atoms with Crippen LogP contribution in [-0.2, 0) is 28.6 Å². The van der Waals surface area contributed by atoms with E-state index in [0.717, 1.165) is 25.7 Å². The molecule has 13 nitrogen and oxygen atoms in total. The summed E-state index contributed by atoms with van der Waals surface area (Å²) in [5.74, 6) is -3.26. The predicted octanol–water partition coefficient (Wildman–Crippen LogP) is -0.835. The summed E-state index contributed by atoms with van der Waals surface area (Å²) in [4.78, 5) is 35.3. The van der Waals surface area contributed by atoms with Crippen LogP contribution in [0.3, 0.4) is 0 Å². The quantitative estimate of drug-likeness (QED) is 0.0766. The highest BCUT2D eigenvalue weighted by Crippen LogP contribution is 2.25. The molecular weight excluding hydrogens is 452 g/mol. The lowest BCUT2D eigenvalue weighted by Gasteiger charge is -2.41. The highest BCUT2D eigenvalue weighted by atomic mass is 16.6. The van der Waals surface area contributed by atoms with Crippen LogP contribution in [0.25, 0.3) is 0 Å². The van der Waals surface area contributed by atoms with E-state index in [4.69, 9.17) is 25.4 Å². The number of nitrogens with one attached hydrogen (secondary N) is 3. The monoisotopic (exact) mass is 490 g/mol. The third-order valence-electron chi connectivity index (χ3n) is 5.11. The number of methoxy groups -OCH3 is 1. The molecule has 1 aliphatic rings. The lowest BCUT2D eigenvalue weighted by molar-refractivity contribution is -0.159. The Balaban J connectivity index is 0.0000109. The van der Waals surface area contributed by atoms with Gasteiger partial charge in [0.1, 0.15) is 18.8 Å². The van der Waals surface area contributed by atoms with Crippen molar-refractivity contribution >= 4 is 23.8 Å². The fourth-order valence-electron chi connectivity index (χ4n) is 3.57. The Morgan fingerprint density at radius 3 is 2.41 bits per heavy atom. The SMILES string of the molecule is CCCCCCCC(=O)OC[C@@H](O)[C@@H](OC)[C@@H]1OC(C(=O)O)=C[C@H](NC(=N)N)[C@H]1NC(C)=O.O. The summed E-state index contributed by atoms with van der Waals surface area (Å²) in [6.07, 6.45) is 2.46.